The SMILES string of the molecule is C=NC(N=C)(c1ccc(-c2ccc(C(C#N)C#N)cc2)cc1)c1ccc(N(C)C)cc1.CC.CC.CC. The second-order valence-electron chi connectivity index (χ2n) is 7.32. The lowest BCUT2D eigenvalue weighted by atomic mass is 9.90. The van der Waals surface area contributed by atoms with Gasteiger partial charge in [-0.15, -0.1) is 0 Å². The van der Waals surface area contributed by atoms with Crippen molar-refractivity contribution in [3.63, 3.8) is 0 Å². The number of aliphatic imine (C=N–C) groups is 2. The molecule has 0 amide bonds. The van der Waals surface area contributed by atoms with E-state index in [2.05, 4.69) is 23.4 Å². The molecule has 0 fully saturated rings. The van der Waals surface area contributed by atoms with Gasteiger partial charge in [-0.1, -0.05) is 102 Å². The summed E-state index contributed by atoms with van der Waals surface area (Å²) in [6.45, 7) is 19.6. The fourth-order valence-electron chi connectivity index (χ4n) is 3.51. The van der Waals surface area contributed by atoms with Crippen molar-refractivity contribution >= 4 is 19.1 Å². The zero-order valence-corrected chi connectivity index (χ0v) is 23.7. The molecule has 37 heavy (non-hydrogen) atoms. The summed E-state index contributed by atoms with van der Waals surface area (Å²) in [7, 11) is 3.98. The van der Waals surface area contributed by atoms with E-state index in [-0.39, 0.29) is 0 Å². The van der Waals surface area contributed by atoms with Crippen LogP contribution in [0.1, 0.15) is 64.2 Å². The molecule has 0 aliphatic rings. The van der Waals surface area contributed by atoms with Gasteiger partial charge in [-0.05, 0) is 42.3 Å². The number of hydrogen-bond donors (Lipinski definition) is 0. The molecule has 0 heterocycles. The van der Waals surface area contributed by atoms with Crippen LogP contribution in [-0.4, -0.2) is 27.5 Å². The molecule has 0 atom stereocenters. The van der Waals surface area contributed by atoms with Gasteiger partial charge < -0.3 is 4.90 Å². The topological polar surface area (TPSA) is 75.5 Å². The fourth-order valence-corrected chi connectivity index (χ4v) is 3.51. The van der Waals surface area contributed by atoms with E-state index in [9.17, 15) is 0 Å². The van der Waals surface area contributed by atoms with Crippen LogP contribution in [0.2, 0.25) is 0 Å². The van der Waals surface area contributed by atoms with Gasteiger partial charge in [0.1, 0.15) is 0 Å². The first-order valence-corrected chi connectivity index (χ1v) is 12.7. The van der Waals surface area contributed by atoms with Crippen molar-refractivity contribution in [1.82, 2.24) is 0 Å². The maximum atomic E-state index is 9.05. The van der Waals surface area contributed by atoms with Crippen molar-refractivity contribution in [2.24, 2.45) is 9.98 Å². The van der Waals surface area contributed by atoms with Crippen LogP contribution < -0.4 is 4.90 Å². The van der Waals surface area contributed by atoms with Gasteiger partial charge in [0.2, 0.25) is 0 Å². The summed E-state index contributed by atoms with van der Waals surface area (Å²) in [5.41, 5.74) is 4.54. The Morgan fingerprint density at radius 3 is 1.32 bits per heavy atom. The van der Waals surface area contributed by atoms with Gasteiger partial charge in [0.15, 0.2) is 11.6 Å². The van der Waals surface area contributed by atoms with E-state index in [0.717, 1.165) is 27.9 Å². The summed E-state index contributed by atoms with van der Waals surface area (Å²) in [5.74, 6) is -0.756. The molecular weight excluding hydrogens is 454 g/mol. The van der Waals surface area contributed by atoms with Crippen molar-refractivity contribution in [2.75, 3.05) is 19.0 Å². The highest BCUT2D eigenvalue weighted by Crippen LogP contribution is 2.36. The van der Waals surface area contributed by atoms with E-state index in [1.54, 1.807) is 0 Å². The quantitative estimate of drug-likeness (QED) is 0.310. The molecule has 0 radical (unpaired) electrons. The number of benzene rings is 3. The van der Waals surface area contributed by atoms with Crippen LogP contribution in [0, 0.1) is 22.7 Å². The van der Waals surface area contributed by atoms with Gasteiger partial charge in [0.05, 0.1) is 12.1 Å². The molecule has 0 spiro atoms. The minimum Gasteiger partial charge on any atom is -0.378 e. The highest BCUT2D eigenvalue weighted by molar-refractivity contribution is 5.65. The molecule has 194 valence electrons. The Morgan fingerprint density at radius 2 is 1.00 bits per heavy atom. The summed E-state index contributed by atoms with van der Waals surface area (Å²) in [6.07, 6.45) is 0. The first-order chi connectivity index (χ1) is 18.0. The Morgan fingerprint density at radius 1 is 0.649 bits per heavy atom. The van der Waals surface area contributed by atoms with E-state index in [0.29, 0.717) is 5.56 Å². The minimum atomic E-state index is -0.986. The van der Waals surface area contributed by atoms with E-state index in [1.807, 2.05) is 145 Å². The molecule has 0 bridgehead atoms. The number of anilines is 1. The third-order valence-electron chi connectivity index (χ3n) is 5.37. The Bertz CT molecular complexity index is 1120. The normalized spacial score (nSPS) is 9.49. The zero-order valence-electron chi connectivity index (χ0n) is 23.7. The second-order valence-corrected chi connectivity index (χ2v) is 7.32. The van der Waals surface area contributed by atoms with Crippen molar-refractivity contribution in [1.29, 1.82) is 10.5 Å². The molecule has 0 saturated heterocycles. The first kappa shape index (κ1) is 32.8. The Hall–Kier alpha value is -4.22. The van der Waals surface area contributed by atoms with Gasteiger partial charge >= 0.3 is 0 Å². The molecule has 3 rings (SSSR count). The molecule has 5 heteroatoms. The molecule has 5 nitrogen and oxygen atoms in total. The Labute approximate surface area is 224 Å². The van der Waals surface area contributed by atoms with Crippen LogP contribution in [0.5, 0.6) is 0 Å². The lowest BCUT2D eigenvalue weighted by Crippen LogP contribution is -2.22. The van der Waals surface area contributed by atoms with Crippen LogP contribution in [0.4, 0.5) is 5.69 Å². The van der Waals surface area contributed by atoms with Crippen LogP contribution in [-0.2, 0) is 5.66 Å². The van der Waals surface area contributed by atoms with Crippen molar-refractivity contribution in [2.45, 2.75) is 53.1 Å². The maximum absolute atomic E-state index is 9.05. The van der Waals surface area contributed by atoms with Crippen molar-refractivity contribution < 1.29 is 0 Å². The lowest BCUT2D eigenvalue weighted by molar-refractivity contribution is 0.585. The van der Waals surface area contributed by atoms with Gasteiger partial charge in [-0.3, -0.25) is 9.98 Å². The number of rotatable bonds is 7. The molecule has 0 aliphatic carbocycles. The number of nitrogens with zero attached hydrogens (tertiary/aromatic N) is 5. The van der Waals surface area contributed by atoms with E-state index >= 15 is 0 Å². The molecule has 3 aromatic carbocycles. The van der Waals surface area contributed by atoms with Crippen LogP contribution in [0.3, 0.4) is 0 Å². The van der Waals surface area contributed by atoms with E-state index in [1.165, 1.54) is 0 Å². The molecule has 0 N–H and O–H groups in total. The lowest BCUT2D eigenvalue weighted by Gasteiger charge is -2.27. The summed E-state index contributed by atoms with van der Waals surface area (Å²) in [5, 5.41) is 18.1. The van der Waals surface area contributed by atoms with Crippen molar-refractivity contribution in [3.8, 4) is 23.3 Å². The third-order valence-corrected chi connectivity index (χ3v) is 5.37. The molecular formula is C32H41N5. The largest absolute Gasteiger partial charge is 0.378 e. The fraction of sp³-hybridized carbons (Fsp3) is 0.312. The predicted octanol–water partition coefficient (Wildman–Crippen LogP) is 8.23. The van der Waals surface area contributed by atoms with Crippen LogP contribution in [0.25, 0.3) is 11.1 Å². The average Bonchev–Trinajstić information content (AvgIpc) is 2.99. The van der Waals surface area contributed by atoms with E-state index < -0.39 is 11.6 Å². The Kier molecular flexibility index (Phi) is 15.3. The van der Waals surface area contributed by atoms with Crippen LogP contribution >= 0.6 is 0 Å². The summed E-state index contributed by atoms with van der Waals surface area (Å²) in [4.78, 5) is 10.7. The smallest absolute Gasteiger partial charge is 0.199 e. The van der Waals surface area contributed by atoms with Gasteiger partial charge in [-0.2, -0.15) is 10.5 Å². The highest BCUT2D eigenvalue weighted by Gasteiger charge is 2.31. The average molecular weight is 496 g/mol. The van der Waals surface area contributed by atoms with Gasteiger partial charge in [0, 0.05) is 30.9 Å². The van der Waals surface area contributed by atoms with Gasteiger partial charge in [0.25, 0.3) is 0 Å². The molecule has 0 saturated carbocycles. The third kappa shape index (κ3) is 7.89. The second kappa shape index (κ2) is 17.2. The molecule has 3 aromatic rings. The standard InChI is InChI=1S/C26H23N5.3C2H6/c1-29-26(30-2,24-13-15-25(16-14-24)31(3)4)23-11-9-20(10-12-23)19-5-7-21(8-6-19)22(17-27)18-28;3*1-2/h5-16,22H,1-2H2,3-4H3;3*1-2H3. The molecule has 0 aliphatic heterocycles. The first-order valence-electron chi connectivity index (χ1n) is 12.7. The minimum absolute atomic E-state index is 0.692. The summed E-state index contributed by atoms with van der Waals surface area (Å²) < 4.78 is 0. The van der Waals surface area contributed by atoms with Crippen molar-refractivity contribution in [3.05, 3.63) is 89.5 Å². The van der Waals surface area contributed by atoms with Crippen LogP contribution in [0.15, 0.2) is 82.8 Å². The predicted molar refractivity (Wildman–Crippen MR) is 161 cm³/mol. The summed E-state index contributed by atoms with van der Waals surface area (Å²) in [6, 6.07) is 27.4. The van der Waals surface area contributed by atoms with E-state index in [4.69, 9.17) is 10.5 Å². The monoisotopic (exact) mass is 495 g/mol. The zero-order chi connectivity index (χ0) is 28.4. The summed E-state index contributed by atoms with van der Waals surface area (Å²) >= 11 is 0. The number of nitriles is 2. The molecule has 0 unspecified atom stereocenters. The maximum Gasteiger partial charge on any atom is 0.199 e. The number of hydrogen-bond acceptors (Lipinski definition) is 5. The molecule has 0 aromatic heterocycles. The highest BCUT2D eigenvalue weighted by atomic mass is 15.1. The Balaban J connectivity index is 0.00000201. The van der Waals surface area contributed by atoms with Gasteiger partial charge in [-0.25, -0.2) is 0 Å².